The molecule has 2 N–H and O–H groups in total. The summed E-state index contributed by atoms with van der Waals surface area (Å²) in [5.41, 5.74) is 5.43. The first-order chi connectivity index (χ1) is 15.4. The van der Waals surface area contributed by atoms with Gasteiger partial charge in [-0.3, -0.25) is 14.4 Å². The molecule has 4 fully saturated rings. The molecule has 0 unspecified atom stereocenters. The van der Waals surface area contributed by atoms with Crippen molar-refractivity contribution in [2.45, 2.75) is 91.1 Å². The van der Waals surface area contributed by atoms with E-state index in [1.54, 1.807) is 14.0 Å². The molecule has 0 bridgehead atoms. The lowest BCUT2D eigenvalue weighted by Gasteiger charge is -2.62. The molecule has 186 valence electrons. The maximum Gasteiger partial charge on any atom is 0.326 e. The SMILES string of the molecule is CC(=O)[C@H]1CC[C@H]2[C@@H]3CC[C@H]4C[C@](C)(OC(=O)CN(C)C(=O)CN)CC[C@]4(C)[C@H]3CC[C@]12C. The van der Waals surface area contributed by atoms with E-state index in [0.29, 0.717) is 23.5 Å². The zero-order chi connectivity index (χ0) is 24.2. The zero-order valence-electron chi connectivity index (χ0n) is 21.3. The quantitative estimate of drug-likeness (QED) is 0.628. The first-order valence-corrected chi connectivity index (χ1v) is 13.1. The van der Waals surface area contributed by atoms with Crippen LogP contribution in [0.3, 0.4) is 0 Å². The molecule has 1 amide bonds. The van der Waals surface area contributed by atoms with Gasteiger partial charge in [-0.2, -0.15) is 0 Å². The van der Waals surface area contributed by atoms with Crippen molar-refractivity contribution in [1.82, 2.24) is 4.90 Å². The van der Waals surface area contributed by atoms with Crippen LogP contribution < -0.4 is 5.73 Å². The lowest BCUT2D eigenvalue weighted by atomic mass is 9.44. The van der Waals surface area contributed by atoms with Crippen molar-refractivity contribution in [2.75, 3.05) is 20.1 Å². The van der Waals surface area contributed by atoms with Gasteiger partial charge in [-0.15, -0.1) is 0 Å². The molecule has 4 aliphatic rings. The summed E-state index contributed by atoms with van der Waals surface area (Å²) in [5.74, 6) is 2.75. The third-order valence-electron chi connectivity index (χ3n) is 10.8. The molecular weight excluding hydrogens is 416 g/mol. The van der Waals surface area contributed by atoms with Crippen LogP contribution in [0.4, 0.5) is 0 Å². The fourth-order valence-electron chi connectivity index (χ4n) is 8.92. The molecule has 0 aromatic heterocycles. The molecule has 4 aliphatic carbocycles. The number of fused-ring (bicyclic) bond motifs is 5. The number of hydrogen-bond donors (Lipinski definition) is 1. The number of Topliss-reactive ketones (excluding diaryl/α,β-unsaturated/α-hetero) is 1. The number of nitrogens with zero attached hydrogens (tertiary/aromatic N) is 1. The van der Waals surface area contributed by atoms with Gasteiger partial charge in [0.15, 0.2) is 0 Å². The molecule has 0 aliphatic heterocycles. The lowest BCUT2D eigenvalue weighted by Crippen LogP contribution is -2.56. The van der Waals surface area contributed by atoms with Crippen LogP contribution in [0.2, 0.25) is 0 Å². The fourth-order valence-corrected chi connectivity index (χ4v) is 8.92. The smallest absolute Gasteiger partial charge is 0.326 e. The van der Waals surface area contributed by atoms with E-state index < -0.39 is 5.60 Å². The van der Waals surface area contributed by atoms with Gasteiger partial charge >= 0.3 is 5.97 Å². The van der Waals surface area contributed by atoms with Crippen LogP contribution in [0.5, 0.6) is 0 Å². The van der Waals surface area contributed by atoms with E-state index in [4.69, 9.17) is 10.5 Å². The van der Waals surface area contributed by atoms with Crippen LogP contribution in [-0.4, -0.2) is 48.3 Å². The Labute approximate surface area is 199 Å². The van der Waals surface area contributed by atoms with Gasteiger partial charge in [0.25, 0.3) is 0 Å². The standard InChI is InChI=1S/C27H44N2O4/c1-17(30)20-8-9-21-19-7-6-18-14-25(2,33-24(32)16-29(5)23(31)15-28)12-13-26(18,3)22(19)10-11-27(20,21)4/h18-22H,6-16,28H2,1-5H3/t18-,19-,20+,21-,22-,25+,26-,27+/m0/s1. The number of hydrogen-bond acceptors (Lipinski definition) is 5. The number of likely N-dealkylation sites (N-methyl/N-ethyl adjacent to an activating group) is 1. The molecule has 0 spiro atoms. The highest BCUT2D eigenvalue weighted by atomic mass is 16.6. The normalized spacial score (nSPS) is 44.2. The Bertz CT molecular complexity index is 814. The summed E-state index contributed by atoms with van der Waals surface area (Å²) >= 11 is 0. The number of carbonyl (C=O) groups excluding carboxylic acids is 3. The highest BCUT2D eigenvalue weighted by molar-refractivity contribution is 5.83. The molecule has 0 aromatic rings. The first-order valence-electron chi connectivity index (χ1n) is 13.1. The monoisotopic (exact) mass is 460 g/mol. The molecule has 4 saturated carbocycles. The van der Waals surface area contributed by atoms with Crippen LogP contribution in [0.15, 0.2) is 0 Å². The number of esters is 1. The van der Waals surface area contributed by atoms with Crippen LogP contribution >= 0.6 is 0 Å². The number of nitrogens with two attached hydrogens (primary N) is 1. The van der Waals surface area contributed by atoms with Gasteiger partial charge in [0.2, 0.25) is 5.91 Å². The highest BCUT2D eigenvalue weighted by Gasteiger charge is 2.61. The molecule has 0 aromatic carbocycles. The fraction of sp³-hybridized carbons (Fsp3) is 0.889. The second-order valence-electron chi connectivity index (χ2n) is 12.5. The van der Waals surface area contributed by atoms with Crippen molar-refractivity contribution in [2.24, 2.45) is 46.2 Å². The predicted molar refractivity (Wildman–Crippen MR) is 127 cm³/mol. The maximum absolute atomic E-state index is 12.6. The lowest BCUT2D eigenvalue weighted by molar-refractivity contribution is -0.182. The topological polar surface area (TPSA) is 89.7 Å². The van der Waals surface area contributed by atoms with Crippen LogP contribution in [-0.2, 0) is 19.1 Å². The molecule has 8 atom stereocenters. The number of ether oxygens (including phenoxy) is 1. The van der Waals surface area contributed by atoms with Crippen molar-refractivity contribution < 1.29 is 19.1 Å². The third-order valence-corrected chi connectivity index (χ3v) is 10.8. The molecule has 6 heteroatoms. The summed E-state index contributed by atoms with van der Waals surface area (Å²) in [6, 6.07) is 0. The van der Waals surface area contributed by atoms with Crippen LogP contribution in [0.1, 0.15) is 85.5 Å². The minimum absolute atomic E-state index is 0.0458. The molecular formula is C27H44N2O4. The molecule has 33 heavy (non-hydrogen) atoms. The Morgan fingerprint density at radius 1 is 0.939 bits per heavy atom. The minimum atomic E-state index is -0.461. The largest absolute Gasteiger partial charge is 0.458 e. The van der Waals surface area contributed by atoms with Crippen LogP contribution in [0.25, 0.3) is 0 Å². The Kier molecular flexibility index (Phi) is 6.48. The van der Waals surface area contributed by atoms with Gasteiger partial charge in [-0.05, 0) is 106 Å². The molecule has 4 rings (SSSR count). The van der Waals surface area contributed by atoms with Crippen molar-refractivity contribution >= 4 is 17.7 Å². The second-order valence-corrected chi connectivity index (χ2v) is 12.5. The first kappa shape index (κ1) is 24.7. The maximum atomic E-state index is 12.6. The average Bonchev–Trinajstić information content (AvgIpc) is 3.11. The van der Waals surface area contributed by atoms with Gasteiger partial charge < -0.3 is 15.4 Å². The number of ketones is 1. The van der Waals surface area contributed by atoms with E-state index in [0.717, 1.165) is 31.6 Å². The van der Waals surface area contributed by atoms with Crippen LogP contribution in [0, 0.1) is 40.4 Å². The van der Waals surface area contributed by atoms with Crippen molar-refractivity contribution in [1.29, 1.82) is 0 Å². The number of amides is 1. The zero-order valence-corrected chi connectivity index (χ0v) is 21.3. The Morgan fingerprint density at radius 3 is 2.30 bits per heavy atom. The summed E-state index contributed by atoms with van der Waals surface area (Å²) in [6.07, 6.45) is 10.0. The second kappa shape index (κ2) is 8.66. The Balaban J connectivity index is 1.44. The summed E-state index contributed by atoms with van der Waals surface area (Å²) in [7, 11) is 1.59. The minimum Gasteiger partial charge on any atom is -0.458 e. The summed E-state index contributed by atoms with van der Waals surface area (Å²) in [4.78, 5) is 38.0. The Morgan fingerprint density at radius 2 is 1.64 bits per heavy atom. The Hall–Kier alpha value is -1.43. The predicted octanol–water partition coefficient (Wildman–Crippen LogP) is 3.95. The summed E-state index contributed by atoms with van der Waals surface area (Å²) < 4.78 is 5.99. The summed E-state index contributed by atoms with van der Waals surface area (Å²) in [6.45, 7) is 8.64. The number of carbonyl (C=O) groups is 3. The van der Waals surface area contributed by atoms with Crippen molar-refractivity contribution in [3.8, 4) is 0 Å². The molecule has 0 radical (unpaired) electrons. The van der Waals surface area contributed by atoms with Gasteiger partial charge in [-0.1, -0.05) is 13.8 Å². The highest BCUT2D eigenvalue weighted by Crippen LogP contribution is 2.68. The van der Waals surface area contributed by atoms with Gasteiger partial charge in [0, 0.05) is 13.0 Å². The van der Waals surface area contributed by atoms with Crippen molar-refractivity contribution in [3.63, 3.8) is 0 Å². The van der Waals surface area contributed by atoms with Gasteiger partial charge in [-0.25, -0.2) is 0 Å². The molecule has 0 saturated heterocycles. The van der Waals surface area contributed by atoms with E-state index >= 15 is 0 Å². The van der Waals surface area contributed by atoms with E-state index in [1.807, 2.05) is 0 Å². The van der Waals surface area contributed by atoms with E-state index in [9.17, 15) is 14.4 Å². The third kappa shape index (κ3) is 4.15. The van der Waals surface area contributed by atoms with E-state index in [2.05, 4.69) is 20.8 Å². The molecule has 6 nitrogen and oxygen atoms in total. The van der Waals surface area contributed by atoms with E-state index in [-0.39, 0.29) is 41.7 Å². The van der Waals surface area contributed by atoms with Gasteiger partial charge in [0.1, 0.15) is 17.9 Å². The van der Waals surface area contributed by atoms with E-state index in [1.165, 1.54) is 37.0 Å². The number of rotatable bonds is 5. The van der Waals surface area contributed by atoms with Crippen molar-refractivity contribution in [3.05, 3.63) is 0 Å². The average molecular weight is 461 g/mol. The van der Waals surface area contributed by atoms with Gasteiger partial charge in [0.05, 0.1) is 6.54 Å². The molecule has 0 heterocycles. The summed E-state index contributed by atoms with van der Waals surface area (Å²) in [5, 5.41) is 0.